The van der Waals surface area contributed by atoms with Crippen LogP contribution in [0.25, 0.3) is 6.08 Å². The van der Waals surface area contributed by atoms with Gasteiger partial charge in [-0.1, -0.05) is 28.1 Å². The molecule has 1 amide bonds. The van der Waals surface area contributed by atoms with E-state index in [0.717, 1.165) is 10.0 Å². The Morgan fingerprint density at radius 1 is 1.44 bits per heavy atom. The summed E-state index contributed by atoms with van der Waals surface area (Å²) in [4.78, 5) is 11.3. The zero-order valence-electron chi connectivity index (χ0n) is 9.07. The number of hydrogen-bond donors (Lipinski definition) is 1. The standard InChI is InChI=1S/C12H14BrNO2/c1-16-9-8-14-12(15)7-4-10-2-5-11(13)6-3-10/h2-7H,8-9H2,1H3,(H,14,15)/b7-4-. The predicted octanol–water partition coefficient (Wildman–Crippen LogP) is 2.22. The summed E-state index contributed by atoms with van der Waals surface area (Å²) in [7, 11) is 1.60. The second-order valence-corrected chi connectivity index (χ2v) is 4.08. The van der Waals surface area contributed by atoms with Crippen molar-refractivity contribution in [3.8, 4) is 0 Å². The Bertz CT molecular complexity index is 360. The Balaban J connectivity index is 2.41. The molecule has 0 spiro atoms. The number of rotatable bonds is 5. The predicted molar refractivity (Wildman–Crippen MR) is 68.1 cm³/mol. The number of carbonyl (C=O) groups is 1. The average molecular weight is 284 g/mol. The summed E-state index contributed by atoms with van der Waals surface area (Å²) < 4.78 is 5.85. The quantitative estimate of drug-likeness (QED) is 0.665. The molecule has 0 radical (unpaired) electrons. The second-order valence-electron chi connectivity index (χ2n) is 3.17. The molecule has 0 unspecified atom stereocenters. The average Bonchev–Trinajstić information content (AvgIpc) is 2.29. The second kappa shape index (κ2) is 7.19. The number of nitrogens with one attached hydrogen (secondary N) is 1. The van der Waals surface area contributed by atoms with E-state index < -0.39 is 0 Å². The number of hydrogen-bond acceptors (Lipinski definition) is 2. The van der Waals surface area contributed by atoms with Gasteiger partial charge < -0.3 is 10.1 Å². The van der Waals surface area contributed by atoms with E-state index >= 15 is 0 Å². The molecule has 0 aliphatic carbocycles. The summed E-state index contributed by atoms with van der Waals surface area (Å²) in [5.41, 5.74) is 0.991. The van der Waals surface area contributed by atoms with Gasteiger partial charge in [-0.15, -0.1) is 0 Å². The molecule has 0 bridgehead atoms. The van der Waals surface area contributed by atoms with Crippen LogP contribution in [0.1, 0.15) is 5.56 Å². The molecule has 86 valence electrons. The lowest BCUT2D eigenvalue weighted by Gasteiger charge is -1.99. The molecule has 0 saturated heterocycles. The van der Waals surface area contributed by atoms with Gasteiger partial charge in [-0.3, -0.25) is 4.79 Å². The van der Waals surface area contributed by atoms with Gasteiger partial charge in [0.2, 0.25) is 5.91 Å². The van der Waals surface area contributed by atoms with Gasteiger partial charge in [0.15, 0.2) is 0 Å². The SMILES string of the molecule is COCCNC(=O)/C=C\c1ccc(Br)cc1. The minimum absolute atomic E-state index is 0.111. The molecule has 0 saturated carbocycles. The molecule has 1 N–H and O–H groups in total. The van der Waals surface area contributed by atoms with Crippen molar-refractivity contribution in [2.45, 2.75) is 0 Å². The van der Waals surface area contributed by atoms with Crippen molar-refractivity contribution < 1.29 is 9.53 Å². The molecule has 0 fully saturated rings. The first kappa shape index (κ1) is 12.9. The number of ether oxygens (including phenoxy) is 1. The highest BCUT2D eigenvalue weighted by Crippen LogP contribution is 2.11. The number of halogens is 1. The van der Waals surface area contributed by atoms with Crippen molar-refractivity contribution in [3.05, 3.63) is 40.4 Å². The number of carbonyl (C=O) groups excluding carboxylic acids is 1. The fraction of sp³-hybridized carbons (Fsp3) is 0.250. The molecular formula is C12H14BrNO2. The van der Waals surface area contributed by atoms with Crippen LogP contribution in [-0.2, 0) is 9.53 Å². The van der Waals surface area contributed by atoms with Gasteiger partial charge >= 0.3 is 0 Å². The lowest BCUT2D eigenvalue weighted by Crippen LogP contribution is -2.24. The fourth-order valence-electron chi connectivity index (χ4n) is 1.08. The van der Waals surface area contributed by atoms with E-state index in [0.29, 0.717) is 13.2 Å². The van der Waals surface area contributed by atoms with Crippen LogP contribution in [0.3, 0.4) is 0 Å². The Kier molecular flexibility index (Phi) is 5.82. The molecule has 0 atom stereocenters. The summed E-state index contributed by atoms with van der Waals surface area (Å²) in [6.07, 6.45) is 3.29. The summed E-state index contributed by atoms with van der Waals surface area (Å²) in [6, 6.07) is 7.73. The van der Waals surface area contributed by atoms with Crippen molar-refractivity contribution in [1.82, 2.24) is 5.32 Å². The van der Waals surface area contributed by atoms with E-state index in [4.69, 9.17) is 4.74 Å². The van der Waals surface area contributed by atoms with Crippen LogP contribution < -0.4 is 5.32 Å². The van der Waals surface area contributed by atoms with E-state index in [-0.39, 0.29) is 5.91 Å². The number of methoxy groups -OCH3 is 1. The van der Waals surface area contributed by atoms with Crippen molar-refractivity contribution >= 4 is 27.9 Å². The first-order valence-electron chi connectivity index (χ1n) is 4.93. The highest BCUT2D eigenvalue weighted by atomic mass is 79.9. The molecule has 4 heteroatoms. The Morgan fingerprint density at radius 2 is 2.12 bits per heavy atom. The van der Waals surface area contributed by atoms with E-state index in [9.17, 15) is 4.79 Å². The first-order valence-corrected chi connectivity index (χ1v) is 5.72. The smallest absolute Gasteiger partial charge is 0.244 e. The van der Waals surface area contributed by atoms with Crippen LogP contribution in [0.2, 0.25) is 0 Å². The molecule has 1 rings (SSSR count). The van der Waals surface area contributed by atoms with Crippen LogP contribution in [0, 0.1) is 0 Å². The maximum absolute atomic E-state index is 11.3. The molecule has 1 aromatic carbocycles. The summed E-state index contributed by atoms with van der Waals surface area (Å²) in [5.74, 6) is -0.111. The van der Waals surface area contributed by atoms with E-state index in [1.54, 1.807) is 13.2 Å². The van der Waals surface area contributed by atoms with E-state index in [1.807, 2.05) is 24.3 Å². The van der Waals surface area contributed by atoms with Crippen LogP contribution in [0.5, 0.6) is 0 Å². The summed E-state index contributed by atoms with van der Waals surface area (Å²) in [5, 5.41) is 2.71. The van der Waals surface area contributed by atoms with Gasteiger partial charge in [-0.2, -0.15) is 0 Å². The molecule has 3 nitrogen and oxygen atoms in total. The highest BCUT2D eigenvalue weighted by molar-refractivity contribution is 9.10. The monoisotopic (exact) mass is 283 g/mol. The highest BCUT2D eigenvalue weighted by Gasteiger charge is 1.93. The van der Waals surface area contributed by atoms with Crippen molar-refractivity contribution in [1.29, 1.82) is 0 Å². The fourth-order valence-corrected chi connectivity index (χ4v) is 1.35. The van der Waals surface area contributed by atoms with Crippen molar-refractivity contribution in [3.63, 3.8) is 0 Å². The van der Waals surface area contributed by atoms with Gasteiger partial charge in [-0.25, -0.2) is 0 Å². The van der Waals surface area contributed by atoms with Gasteiger partial charge in [-0.05, 0) is 23.8 Å². The number of amides is 1. The van der Waals surface area contributed by atoms with E-state index in [1.165, 1.54) is 6.08 Å². The Labute approximate surface area is 104 Å². The molecule has 1 aromatic rings. The van der Waals surface area contributed by atoms with Crippen LogP contribution in [0.4, 0.5) is 0 Å². The molecule has 0 aliphatic heterocycles. The van der Waals surface area contributed by atoms with Gasteiger partial charge in [0.05, 0.1) is 6.61 Å². The maximum atomic E-state index is 11.3. The van der Waals surface area contributed by atoms with Crippen LogP contribution in [-0.4, -0.2) is 26.2 Å². The van der Waals surface area contributed by atoms with Gasteiger partial charge in [0, 0.05) is 24.2 Å². The minimum atomic E-state index is -0.111. The summed E-state index contributed by atoms with van der Waals surface area (Å²) in [6.45, 7) is 1.05. The molecule has 16 heavy (non-hydrogen) atoms. The zero-order valence-corrected chi connectivity index (χ0v) is 10.7. The third kappa shape index (κ3) is 5.09. The zero-order chi connectivity index (χ0) is 11.8. The Hall–Kier alpha value is -1.13. The van der Waals surface area contributed by atoms with Crippen LogP contribution in [0.15, 0.2) is 34.8 Å². The third-order valence-electron chi connectivity index (χ3n) is 1.90. The third-order valence-corrected chi connectivity index (χ3v) is 2.43. The van der Waals surface area contributed by atoms with Crippen LogP contribution >= 0.6 is 15.9 Å². The first-order chi connectivity index (χ1) is 7.72. The minimum Gasteiger partial charge on any atom is -0.383 e. The molecule has 0 aliphatic rings. The van der Waals surface area contributed by atoms with Crippen molar-refractivity contribution in [2.75, 3.05) is 20.3 Å². The molecule has 0 heterocycles. The lowest BCUT2D eigenvalue weighted by molar-refractivity contribution is -0.116. The maximum Gasteiger partial charge on any atom is 0.244 e. The number of benzene rings is 1. The van der Waals surface area contributed by atoms with E-state index in [2.05, 4.69) is 21.2 Å². The topological polar surface area (TPSA) is 38.3 Å². The lowest BCUT2D eigenvalue weighted by atomic mass is 10.2. The van der Waals surface area contributed by atoms with Gasteiger partial charge in [0.25, 0.3) is 0 Å². The van der Waals surface area contributed by atoms with Crippen molar-refractivity contribution in [2.24, 2.45) is 0 Å². The normalized spacial score (nSPS) is 10.6. The largest absolute Gasteiger partial charge is 0.383 e. The Morgan fingerprint density at radius 3 is 2.75 bits per heavy atom. The molecular weight excluding hydrogens is 270 g/mol. The molecule has 0 aromatic heterocycles. The summed E-state index contributed by atoms with van der Waals surface area (Å²) >= 11 is 3.35. The van der Waals surface area contributed by atoms with Gasteiger partial charge in [0.1, 0.15) is 0 Å².